The number of phosphoric acid groups is 1. The van der Waals surface area contributed by atoms with Crippen molar-refractivity contribution in [2.45, 2.75) is 414 Å². The Bertz CT molecular complexity index is 2130. The Balaban J connectivity index is 1.73. The summed E-state index contributed by atoms with van der Waals surface area (Å²) in [5.41, 5.74) is 0. The van der Waals surface area contributed by atoms with Gasteiger partial charge in [0.1, 0.15) is 98.7 Å². The number of hydrogen-bond donors (Lipinski definition) is 11. The molecule has 2 heterocycles. The van der Waals surface area contributed by atoms with Crippen molar-refractivity contribution in [3.63, 3.8) is 0 Å². The van der Waals surface area contributed by atoms with E-state index < -0.39 is 156 Å². The third-order valence-electron chi connectivity index (χ3n) is 19.7. The summed E-state index contributed by atoms with van der Waals surface area (Å²) in [5, 5.41) is 110. The van der Waals surface area contributed by atoms with E-state index in [1.165, 1.54) is 128 Å². The molecule has 19 atom stereocenters. The molecule has 0 amide bonds. The van der Waals surface area contributed by atoms with Crippen molar-refractivity contribution in [3.8, 4) is 0 Å². The molecule has 0 aromatic heterocycles. The van der Waals surface area contributed by atoms with E-state index in [-0.39, 0.29) is 19.3 Å². The molecule has 1 aliphatic carbocycles. The second-order valence-corrected chi connectivity index (χ2v) is 30.1. The van der Waals surface area contributed by atoms with E-state index in [0.717, 1.165) is 116 Å². The third kappa shape index (κ3) is 38.8. The fraction of sp³-hybridized carbons (Fsp3) is 0.933. The average Bonchev–Trinajstić information content (AvgIpc) is 0.765. The summed E-state index contributed by atoms with van der Waals surface area (Å²) in [6, 6.07) is 0. The van der Waals surface area contributed by atoms with Crippen molar-refractivity contribution in [2.24, 2.45) is 5.92 Å². The monoisotopic (exact) mass is 1450 g/mol. The molecule has 2 saturated heterocycles. The topological polar surface area (TPSA) is 374 Å². The lowest BCUT2D eigenvalue weighted by Crippen LogP contribution is -2.69. The molecule has 24 nitrogen and oxygen atoms in total. The first kappa shape index (κ1) is 91.9. The van der Waals surface area contributed by atoms with Gasteiger partial charge in [-0.05, 0) is 50.9 Å². The molecule has 0 aromatic rings. The highest BCUT2D eigenvalue weighted by molar-refractivity contribution is 7.47. The van der Waals surface area contributed by atoms with Gasteiger partial charge in [0.15, 0.2) is 18.7 Å². The summed E-state index contributed by atoms with van der Waals surface area (Å²) in [6.45, 7) is 5.77. The Hall–Kier alpha value is -2.30. The van der Waals surface area contributed by atoms with Crippen LogP contribution in [0.4, 0.5) is 0 Å². The number of carbonyl (C=O) groups excluding carboxylic acids is 3. The van der Waals surface area contributed by atoms with Crippen LogP contribution >= 0.6 is 7.82 Å². The Morgan fingerprint density at radius 3 is 1.19 bits per heavy atom. The second kappa shape index (κ2) is 56.1. The lowest BCUT2D eigenvalue weighted by molar-refractivity contribution is -0.360. The van der Waals surface area contributed by atoms with Crippen LogP contribution in [0, 0.1) is 5.92 Å². The Morgan fingerprint density at radius 2 is 0.760 bits per heavy atom. The summed E-state index contributed by atoms with van der Waals surface area (Å²) < 4.78 is 65.2. The van der Waals surface area contributed by atoms with E-state index in [0.29, 0.717) is 25.2 Å². The molecular formula is C75H139O24P. The molecular weight excluding hydrogens is 1320 g/mol. The minimum atomic E-state index is -5.70. The molecule has 3 fully saturated rings. The van der Waals surface area contributed by atoms with Gasteiger partial charge < -0.3 is 89.1 Å². The van der Waals surface area contributed by atoms with Gasteiger partial charge in [0.05, 0.1) is 13.2 Å². The molecule has 1 saturated carbocycles. The standard InChI is InChI=1S/C75H139O24P/c1-5-8-11-14-17-19-21-23-25-27-29-30-32-38-43-48-59(77)91-52-56(94-61(79)50-45-40-35-34-37-42-47-55(4)46-41-36-16-13-10-7-3)53-93-100(89,90)99-73-71(97-74-69(87)64(82)62(80)57(51-76)95-74)67(85)66(84)68(86)72(73)98-75-70(88)65(83)63(81)58(96-75)54-92-60(78)49-44-39-33-31-28-26-24-22-20-18-15-12-9-6-2/h19,21,55-58,62-76,80-88H,5-18,20,22-54H2,1-4H3,(H,89,90)/b21-19-. The van der Waals surface area contributed by atoms with Crippen LogP contribution < -0.4 is 0 Å². The molecule has 11 N–H and O–H groups in total. The second-order valence-electron chi connectivity index (χ2n) is 28.7. The summed E-state index contributed by atoms with van der Waals surface area (Å²) in [5.74, 6) is -1.31. The minimum absolute atomic E-state index is 0.0321. The van der Waals surface area contributed by atoms with E-state index in [9.17, 15) is 74.9 Å². The molecule has 0 aromatic carbocycles. The van der Waals surface area contributed by atoms with Gasteiger partial charge in [-0.15, -0.1) is 0 Å². The molecule has 3 aliphatic rings. The quantitative estimate of drug-likeness (QED) is 0.00886. The molecule has 0 spiro atoms. The zero-order chi connectivity index (χ0) is 73.3. The van der Waals surface area contributed by atoms with Gasteiger partial charge in [0.2, 0.25) is 0 Å². The van der Waals surface area contributed by atoms with Crippen molar-refractivity contribution >= 4 is 25.7 Å². The predicted octanol–water partition coefficient (Wildman–Crippen LogP) is 11.4. The summed E-state index contributed by atoms with van der Waals surface area (Å²) in [7, 11) is -5.70. The first-order valence-electron chi connectivity index (χ1n) is 39.4. The molecule has 3 rings (SSSR count). The van der Waals surface area contributed by atoms with Gasteiger partial charge in [0, 0.05) is 19.3 Å². The SMILES string of the molecule is CCCCCC/C=C\CCCCCCCCCC(=O)OCC(COP(=O)(O)OC1C(OC2OC(CO)C(O)C(O)C2O)C(O)C(O)C(O)C1OC1OC(COC(=O)CCCCCCCCCCCCCCCC)C(O)C(O)C1O)OC(=O)CCCCCCCCC(C)CCCCCCCC. The van der Waals surface area contributed by atoms with Crippen molar-refractivity contribution < 1.29 is 117 Å². The summed E-state index contributed by atoms with van der Waals surface area (Å²) in [6.07, 6.45) is 14.1. The summed E-state index contributed by atoms with van der Waals surface area (Å²) >= 11 is 0. The number of hydrogen-bond acceptors (Lipinski definition) is 23. The van der Waals surface area contributed by atoms with Crippen LogP contribution in [-0.4, -0.2) is 204 Å². The van der Waals surface area contributed by atoms with Crippen LogP contribution in [0.5, 0.6) is 0 Å². The number of esters is 3. The van der Waals surface area contributed by atoms with Crippen molar-refractivity contribution in [3.05, 3.63) is 12.2 Å². The van der Waals surface area contributed by atoms with Crippen LogP contribution in [0.3, 0.4) is 0 Å². The van der Waals surface area contributed by atoms with Crippen LogP contribution in [0.25, 0.3) is 0 Å². The average molecular weight is 1460 g/mol. The molecule has 0 bridgehead atoms. The number of carbonyl (C=O) groups is 3. The number of unbranched alkanes of at least 4 members (excludes halogenated alkanes) is 34. The number of ether oxygens (including phenoxy) is 7. The maximum atomic E-state index is 14.4. The van der Waals surface area contributed by atoms with E-state index in [2.05, 4.69) is 39.8 Å². The Kier molecular flexibility index (Phi) is 51.5. The van der Waals surface area contributed by atoms with E-state index in [1.54, 1.807) is 0 Å². The highest BCUT2D eigenvalue weighted by atomic mass is 31.2. The normalized spacial score (nSPS) is 27.7. The zero-order valence-electron chi connectivity index (χ0n) is 61.7. The third-order valence-corrected chi connectivity index (χ3v) is 20.7. The van der Waals surface area contributed by atoms with Crippen LogP contribution in [-0.2, 0) is 61.2 Å². The number of aliphatic hydroxyl groups excluding tert-OH is 10. The maximum Gasteiger partial charge on any atom is 0.472 e. The maximum absolute atomic E-state index is 14.4. The molecule has 588 valence electrons. The van der Waals surface area contributed by atoms with E-state index in [1.807, 2.05) is 0 Å². The lowest BCUT2D eigenvalue weighted by atomic mass is 9.84. The fourth-order valence-corrected chi connectivity index (χ4v) is 14.1. The van der Waals surface area contributed by atoms with E-state index in [4.69, 9.17) is 42.2 Å². The first-order valence-corrected chi connectivity index (χ1v) is 40.9. The van der Waals surface area contributed by atoms with Gasteiger partial charge in [-0.3, -0.25) is 23.4 Å². The van der Waals surface area contributed by atoms with Crippen molar-refractivity contribution in [1.82, 2.24) is 0 Å². The van der Waals surface area contributed by atoms with E-state index >= 15 is 0 Å². The first-order chi connectivity index (χ1) is 48.2. The van der Waals surface area contributed by atoms with Gasteiger partial charge >= 0.3 is 25.7 Å². The largest absolute Gasteiger partial charge is 0.472 e. The van der Waals surface area contributed by atoms with Crippen LogP contribution in [0.15, 0.2) is 12.2 Å². The fourth-order valence-electron chi connectivity index (χ4n) is 13.2. The molecule has 19 unspecified atom stereocenters. The van der Waals surface area contributed by atoms with Crippen LogP contribution in [0.1, 0.15) is 310 Å². The highest BCUT2D eigenvalue weighted by Crippen LogP contribution is 2.49. The van der Waals surface area contributed by atoms with Gasteiger partial charge in [-0.1, -0.05) is 258 Å². The van der Waals surface area contributed by atoms with Crippen molar-refractivity contribution in [1.29, 1.82) is 0 Å². The molecule has 0 radical (unpaired) electrons. The number of phosphoric ester groups is 1. The zero-order valence-corrected chi connectivity index (χ0v) is 62.6. The van der Waals surface area contributed by atoms with Crippen LogP contribution in [0.2, 0.25) is 0 Å². The minimum Gasteiger partial charge on any atom is -0.463 e. The lowest BCUT2D eigenvalue weighted by Gasteiger charge is -2.49. The van der Waals surface area contributed by atoms with Crippen molar-refractivity contribution in [2.75, 3.05) is 26.4 Å². The number of rotatable bonds is 61. The Morgan fingerprint density at radius 1 is 0.410 bits per heavy atom. The number of allylic oxidation sites excluding steroid dienone is 2. The van der Waals surface area contributed by atoms with Gasteiger partial charge in [-0.25, -0.2) is 4.57 Å². The molecule has 25 heteroatoms. The number of aliphatic hydroxyl groups is 10. The smallest absolute Gasteiger partial charge is 0.463 e. The highest BCUT2D eigenvalue weighted by Gasteiger charge is 2.58. The Labute approximate surface area is 599 Å². The van der Waals surface area contributed by atoms with Gasteiger partial charge in [0.25, 0.3) is 0 Å². The summed E-state index contributed by atoms with van der Waals surface area (Å²) in [4.78, 5) is 51.1. The predicted molar refractivity (Wildman–Crippen MR) is 379 cm³/mol. The molecule has 2 aliphatic heterocycles. The molecule has 100 heavy (non-hydrogen) atoms. The van der Waals surface area contributed by atoms with Gasteiger partial charge in [-0.2, -0.15) is 0 Å².